The van der Waals surface area contributed by atoms with Crippen LogP contribution in [0, 0.1) is 6.92 Å². The smallest absolute Gasteiger partial charge is 0.248 e. The number of nitrogens with zero attached hydrogens (tertiary/aromatic N) is 4. The van der Waals surface area contributed by atoms with Crippen LogP contribution in [0.1, 0.15) is 23.1 Å². The van der Waals surface area contributed by atoms with Crippen molar-refractivity contribution in [3.8, 4) is 17.3 Å². The largest absolute Gasteiger partial charge is 0.492 e. The molecule has 1 N–H and O–H groups in total. The summed E-state index contributed by atoms with van der Waals surface area (Å²) in [7, 11) is 0. The molecule has 7 nitrogen and oxygen atoms in total. The number of para-hydroxylation sites is 1. The third-order valence-corrected chi connectivity index (χ3v) is 3.73. The second-order valence-corrected chi connectivity index (χ2v) is 5.28. The summed E-state index contributed by atoms with van der Waals surface area (Å²) < 4.78 is 11.2. The number of hydrogen-bond acceptors (Lipinski definition) is 7. The minimum Gasteiger partial charge on any atom is -0.492 e. The quantitative estimate of drug-likeness (QED) is 0.773. The maximum absolute atomic E-state index is 5.74. The van der Waals surface area contributed by atoms with E-state index in [1.165, 1.54) is 6.33 Å². The van der Waals surface area contributed by atoms with Crippen molar-refractivity contribution in [2.24, 2.45) is 0 Å². The zero-order chi connectivity index (χ0) is 15.6. The third kappa shape index (κ3) is 2.55. The molecule has 3 heterocycles. The van der Waals surface area contributed by atoms with Crippen molar-refractivity contribution in [1.29, 1.82) is 0 Å². The highest BCUT2D eigenvalue weighted by molar-refractivity contribution is 5.52. The van der Waals surface area contributed by atoms with Crippen molar-refractivity contribution in [3.05, 3.63) is 53.8 Å². The molecule has 1 atom stereocenters. The Hall–Kier alpha value is -2.80. The van der Waals surface area contributed by atoms with Crippen LogP contribution in [0.4, 0.5) is 0 Å². The molecule has 2 aromatic heterocycles. The van der Waals surface area contributed by atoms with E-state index >= 15 is 0 Å². The van der Waals surface area contributed by atoms with Gasteiger partial charge < -0.3 is 9.26 Å². The van der Waals surface area contributed by atoms with Gasteiger partial charge in [-0.3, -0.25) is 5.32 Å². The summed E-state index contributed by atoms with van der Waals surface area (Å²) in [6.07, 6.45) is 3.21. The lowest BCUT2D eigenvalue weighted by Crippen LogP contribution is -2.24. The van der Waals surface area contributed by atoms with Crippen LogP contribution in [0.3, 0.4) is 0 Å². The van der Waals surface area contributed by atoms with Gasteiger partial charge in [-0.05, 0) is 18.6 Å². The highest BCUT2D eigenvalue weighted by Crippen LogP contribution is 2.31. The molecule has 1 aromatic carbocycles. The summed E-state index contributed by atoms with van der Waals surface area (Å²) in [6, 6.07) is 7.66. The van der Waals surface area contributed by atoms with Gasteiger partial charge in [-0.2, -0.15) is 4.98 Å². The van der Waals surface area contributed by atoms with E-state index in [9.17, 15) is 0 Å². The van der Waals surface area contributed by atoms with Gasteiger partial charge in [0.15, 0.2) is 0 Å². The standard InChI is InChI=1S/C16H15N5O2/c1-10-8-17-9-19-13(10)15-20-16(23-21-15)14-11-4-2-3-5-12(11)22-7-6-18-14/h2-5,8-9,14,18H,6-7H2,1H3. The molecule has 4 rings (SSSR count). The fourth-order valence-corrected chi connectivity index (χ4v) is 2.63. The van der Waals surface area contributed by atoms with Crippen LogP contribution in [0.2, 0.25) is 0 Å². The minimum atomic E-state index is -0.197. The monoisotopic (exact) mass is 309 g/mol. The first-order valence-electron chi connectivity index (χ1n) is 7.38. The fraction of sp³-hybridized carbons (Fsp3) is 0.250. The molecule has 0 saturated heterocycles. The second-order valence-electron chi connectivity index (χ2n) is 5.28. The number of rotatable bonds is 2. The maximum Gasteiger partial charge on any atom is 0.248 e. The highest BCUT2D eigenvalue weighted by atomic mass is 16.5. The van der Waals surface area contributed by atoms with Crippen LogP contribution >= 0.6 is 0 Å². The lowest BCUT2D eigenvalue weighted by Gasteiger charge is -2.12. The second kappa shape index (κ2) is 5.77. The van der Waals surface area contributed by atoms with E-state index in [0.717, 1.165) is 16.9 Å². The predicted molar refractivity (Wildman–Crippen MR) is 81.8 cm³/mol. The number of fused-ring (bicyclic) bond motifs is 1. The lowest BCUT2D eigenvalue weighted by molar-refractivity contribution is 0.320. The summed E-state index contributed by atoms with van der Waals surface area (Å²) >= 11 is 0. The van der Waals surface area contributed by atoms with Gasteiger partial charge in [0.05, 0.1) is 0 Å². The Kier molecular flexibility index (Phi) is 3.47. The molecule has 23 heavy (non-hydrogen) atoms. The van der Waals surface area contributed by atoms with E-state index < -0.39 is 0 Å². The molecule has 1 aliphatic rings. The van der Waals surface area contributed by atoms with Crippen molar-refractivity contribution < 1.29 is 9.26 Å². The Bertz CT molecular complexity index is 833. The van der Waals surface area contributed by atoms with E-state index in [1.807, 2.05) is 31.2 Å². The minimum absolute atomic E-state index is 0.197. The van der Waals surface area contributed by atoms with Gasteiger partial charge >= 0.3 is 0 Å². The van der Waals surface area contributed by atoms with E-state index in [-0.39, 0.29) is 6.04 Å². The number of ether oxygens (including phenoxy) is 1. The highest BCUT2D eigenvalue weighted by Gasteiger charge is 2.26. The Labute approximate surface area is 132 Å². The van der Waals surface area contributed by atoms with Crippen LogP contribution in [0.25, 0.3) is 11.5 Å². The average molecular weight is 309 g/mol. The first-order valence-corrected chi connectivity index (χ1v) is 7.38. The van der Waals surface area contributed by atoms with Crippen molar-refractivity contribution in [1.82, 2.24) is 25.4 Å². The first kappa shape index (κ1) is 13.8. The lowest BCUT2D eigenvalue weighted by atomic mass is 10.1. The molecular formula is C16H15N5O2. The van der Waals surface area contributed by atoms with Crippen molar-refractivity contribution in [3.63, 3.8) is 0 Å². The third-order valence-electron chi connectivity index (χ3n) is 3.73. The van der Waals surface area contributed by atoms with Crippen molar-refractivity contribution in [2.75, 3.05) is 13.2 Å². The normalized spacial score (nSPS) is 17.2. The van der Waals surface area contributed by atoms with E-state index in [1.54, 1.807) is 6.20 Å². The molecule has 116 valence electrons. The van der Waals surface area contributed by atoms with Gasteiger partial charge in [-0.1, -0.05) is 23.4 Å². The Morgan fingerprint density at radius 3 is 3.09 bits per heavy atom. The molecule has 3 aromatic rings. The van der Waals surface area contributed by atoms with Crippen LogP contribution < -0.4 is 10.1 Å². The molecule has 7 heteroatoms. The van der Waals surface area contributed by atoms with Crippen molar-refractivity contribution in [2.45, 2.75) is 13.0 Å². The molecule has 1 unspecified atom stereocenters. The molecule has 0 fully saturated rings. The van der Waals surface area contributed by atoms with Gasteiger partial charge in [-0.15, -0.1) is 0 Å². The number of hydrogen-bond donors (Lipinski definition) is 1. The average Bonchev–Trinajstić information content (AvgIpc) is 2.95. The van der Waals surface area contributed by atoms with E-state index in [4.69, 9.17) is 9.26 Å². The fourth-order valence-electron chi connectivity index (χ4n) is 2.63. The van der Waals surface area contributed by atoms with E-state index in [2.05, 4.69) is 25.4 Å². The van der Waals surface area contributed by atoms with E-state index in [0.29, 0.717) is 30.6 Å². The Balaban J connectivity index is 1.73. The number of nitrogens with one attached hydrogen (secondary N) is 1. The number of aryl methyl sites for hydroxylation is 1. The van der Waals surface area contributed by atoms with Crippen molar-refractivity contribution >= 4 is 0 Å². The topological polar surface area (TPSA) is 86.0 Å². The maximum atomic E-state index is 5.74. The Morgan fingerprint density at radius 1 is 1.26 bits per heavy atom. The van der Waals surface area contributed by atoms with Gasteiger partial charge in [-0.25, -0.2) is 9.97 Å². The zero-order valence-electron chi connectivity index (χ0n) is 12.6. The molecule has 0 amide bonds. The summed E-state index contributed by atoms with van der Waals surface area (Å²) in [5.41, 5.74) is 2.56. The molecular weight excluding hydrogens is 294 g/mol. The molecule has 0 aliphatic carbocycles. The molecule has 0 bridgehead atoms. The van der Waals surface area contributed by atoms with Crippen LogP contribution in [0.5, 0.6) is 5.75 Å². The molecule has 1 aliphatic heterocycles. The molecule has 0 radical (unpaired) electrons. The summed E-state index contributed by atoms with van der Waals surface area (Å²) in [5, 5.41) is 7.45. The summed E-state index contributed by atoms with van der Waals surface area (Å²) in [6.45, 7) is 3.21. The van der Waals surface area contributed by atoms with Crippen LogP contribution in [0.15, 0.2) is 41.3 Å². The van der Waals surface area contributed by atoms with Gasteiger partial charge in [0.25, 0.3) is 0 Å². The summed E-state index contributed by atoms with van der Waals surface area (Å²) in [5.74, 6) is 1.79. The SMILES string of the molecule is Cc1cncnc1-c1noc(C2NCCOc3ccccc32)n1. The molecule has 0 spiro atoms. The zero-order valence-corrected chi connectivity index (χ0v) is 12.6. The van der Waals surface area contributed by atoms with Crippen LogP contribution in [-0.4, -0.2) is 33.3 Å². The van der Waals surface area contributed by atoms with Gasteiger partial charge in [0.1, 0.15) is 30.4 Å². The molecule has 0 saturated carbocycles. The first-order chi connectivity index (χ1) is 11.3. The number of benzene rings is 1. The van der Waals surface area contributed by atoms with Gasteiger partial charge in [0, 0.05) is 18.3 Å². The van der Waals surface area contributed by atoms with Gasteiger partial charge in [0.2, 0.25) is 11.7 Å². The Morgan fingerprint density at radius 2 is 2.17 bits per heavy atom. The predicted octanol–water partition coefficient (Wildman–Crippen LogP) is 1.91. The summed E-state index contributed by atoms with van der Waals surface area (Å²) in [4.78, 5) is 12.7. The number of aromatic nitrogens is 4. The van der Waals surface area contributed by atoms with Crippen LogP contribution in [-0.2, 0) is 0 Å².